The van der Waals surface area contributed by atoms with Crippen LogP contribution in [0.2, 0.25) is 0 Å². The van der Waals surface area contributed by atoms with Crippen molar-refractivity contribution in [2.45, 2.75) is 25.1 Å². The van der Waals surface area contributed by atoms with Crippen LogP contribution in [0.4, 0.5) is 17.6 Å². The second kappa shape index (κ2) is 7.30. The first-order valence-electron chi connectivity index (χ1n) is 8.49. The lowest BCUT2D eigenvalue weighted by Gasteiger charge is -2.33. The van der Waals surface area contributed by atoms with E-state index in [0.717, 1.165) is 42.8 Å². The number of benzene rings is 1. The molecule has 1 fully saturated rings. The Labute approximate surface area is 153 Å². The van der Waals surface area contributed by atoms with Crippen LogP contribution in [0.25, 0.3) is 11.3 Å². The first kappa shape index (κ1) is 19.3. The molecule has 2 aromatic rings. The maximum absolute atomic E-state index is 14.4. The number of aromatic nitrogens is 2. The molecular formula is C18H19F4N3O2. The third-order valence-corrected chi connectivity index (χ3v) is 5.04. The van der Waals surface area contributed by atoms with Gasteiger partial charge in [0.05, 0.1) is 24.3 Å². The van der Waals surface area contributed by atoms with E-state index in [1.165, 1.54) is 0 Å². The Kier molecular flexibility index (Phi) is 5.23. The van der Waals surface area contributed by atoms with Crippen LogP contribution in [-0.2, 0) is 4.79 Å². The van der Waals surface area contributed by atoms with Crippen molar-refractivity contribution in [2.75, 3.05) is 20.1 Å². The molecule has 0 amide bonds. The highest BCUT2D eigenvalue weighted by atomic mass is 19.4. The summed E-state index contributed by atoms with van der Waals surface area (Å²) < 4.78 is 48.3. The van der Waals surface area contributed by atoms with Gasteiger partial charge in [-0.15, -0.1) is 0 Å². The fraction of sp³-hybridized carbons (Fsp3) is 0.444. The fourth-order valence-electron chi connectivity index (χ4n) is 3.74. The quantitative estimate of drug-likeness (QED) is 0.763. The van der Waals surface area contributed by atoms with Crippen molar-refractivity contribution in [3.63, 3.8) is 0 Å². The zero-order chi connectivity index (χ0) is 19.8. The smallest absolute Gasteiger partial charge is 0.475 e. The molecule has 0 spiro atoms. The van der Waals surface area contributed by atoms with Crippen molar-refractivity contribution < 1.29 is 27.5 Å². The normalized spacial score (nSPS) is 19.8. The van der Waals surface area contributed by atoms with E-state index in [2.05, 4.69) is 21.5 Å². The van der Waals surface area contributed by atoms with E-state index in [1.807, 2.05) is 18.6 Å². The topological polar surface area (TPSA) is 58.4 Å². The molecule has 1 N–H and O–H groups in total. The number of imidazole rings is 1. The summed E-state index contributed by atoms with van der Waals surface area (Å²) in [6.45, 7) is 2.18. The standard InChI is InChI=1S/C16H18FN3.C2HF3O2/c1-19-7-5-11(6-8-19)16-15-12(3-2-4-13(15)17)14-9-18-10-20(14)16;3-2(4,5)1(6)7/h2-4,9-11,16H,5-8H2,1H3;(H,6,7). The van der Waals surface area contributed by atoms with Crippen LogP contribution in [0, 0.1) is 11.7 Å². The van der Waals surface area contributed by atoms with Crippen LogP contribution in [0.5, 0.6) is 0 Å². The molecule has 0 aliphatic carbocycles. The minimum atomic E-state index is -5.08. The zero-order valence-electron chi connectivity index (χ0n) is 14.6. The summed E-state index contributed by atoms with van der Waals surface area (Å²) >= 11 is 0. The Morgan fingerprint density at radius 2 is 1.89 bits per heavy atom. The van der Waals surface area contributed by atoms with E-state index < -0.39 is 12.1 Å². The molecule has 4 rings (SSSR count). The van der Waals surface area contributed by atoms with Gasteiger partial charge in [0, 0.05) is 11.1 Å². The van der Waals surface area contributed by atoms with Gasteiger partial charge in [0.25, 0.3) is 0 Å². The van der Waals surface area contributed by atoms with E-state index in [1.54, 1.807) is 12.1 Å². The second-order valence-corrected chi connectivity index (χ2v) is 6.78. The van der Waals surface area contributed by atoms with Crippen molar-refractivity contribution >= 4 is 5.97 Å². The number of fused-ring (bicyclic) bond motifs is 3. The predicted molar refractivity (Wildman–Crippen MR) is 89.7 cm³/mol. The van der Waals surface area contributed by atoms with E-state index in [9.17, 15) is 17.6 Å². The van der Waals surface area contributed by atoms with Crippen molar-refractivity contribution in [2.24, 2.45) is 5.92 Å². The van der Waals surface area contributed by atoms with Gasteiger partial charge in [-0.1, -0.05) is 12.1 Å². The number of likely N-dealkylation sites (tertiary alicyclic amines) is 1. The molecule has 0 bridgehead atoms. The number of carboxylic acid groups (broad SMARTS) is 1. The Morgan fingerprint density at radius 1 is 1.26 bits per heavy atom. The van der Waals surface area contributed by atoms with Gasteiger partial charge in [0.2, 0.25) is 0 Å². The first-order valence-corrected chi connectivity index (χ1v) is 8.49. The number of hydrogen-bond acceptors (Lipinski definition) is 3. The SMILES string of the molecule is CN1CCC(C2c3c(F)cccc3-c3cncn32)CC1.O=C(O)C(F)(F)F. The molecule has 9 heteroatoms. The highest BCUT2D eigenvalue weighted by molar-refractivity contribution is 5.73. The average Bonchev–Trinajstić information content (AvgIpc) is 3.17. The van der Waals surface area contributed by atoms with Gasteiger partial charge in [-0.2, -0.15) is 13.2 Å². The van der Waals surface area contributed by atoms with Gasteiger partial charge in [0.15, 0.2) is 0 Å². The summed E-state index contributed by atoms with van der Waals surface area (Å²) in [5, 5.41) is 7.12. The first-order chi connectivity index (χ1) is 12.7. The lowest BCUT2D eigenvalue weighted by atomic mass is 9.85. The molecule has 1 aromatic carbocycles. The Balaban J connectivity index is 0.000000260. The van der Waals surface area contributed by atoms with Crippen LogP contribution < -0.4 is 0 Å². The van der Waals surface area contributed by atoms with Gasteiger partial charge >= 0.3 is 12.1 Å². The predicted octanol–water partition coefficient (Wildman–Crippen LogP) is 3.57. The molecule has 0 radical (unpaired) electrons. The minimum Gasteiger partial charge on any atom is -0.475 e. The van der Waals surface area contributed by atoms with E-state index in [4.69, 9.17) is 9.90 Å². The van der Waals surface area contributed by atoms with Crippen molar-refractivity contribution in [3.05, 3.63) is 42.1 Å². The highest BCUT2D eigenvalue weighted by Crippen LogP contribution is 2.46. The van der Waals surface area contributed by atoms with Crippen LogP contribution in [-0.4, -0.2) is 51.8 Å². The molecule has 2 aliphatic rings. The van der Waals surface area contributed by atoms with Crippen LogP contribution in [0.1, 0.15) is 24.4 Å². The summed E-state index contributed by atoms with van der Waals surface area (Å²) in [5.74, 6) is -2.33. The maximum Gasteiger partial charge on any atom is 0.490 e. The molecule has 1 unspecified atom stereocenters. The van der Waals surface area contributed by atoms with Crippen molar-refractivity contribution in [3.8, 4) is 11.3 Å². The monoisotopic (exact) mass is 385 g/mol. The molecule has 1 saturated heterocycles. The Hall–Kier alpha value is -2.42. The number of hydrogen-bond donors (Lipinski definition) is 1. The lowest BCUT2D eigenvalue weighted by molar-refractivity contribution is -0.192. The van der Waals surface area contributed by atoms with Crippen LogP contribution >= 0.6 is 0 Å². The largest absolute Gasteiger partial charge is 0.490 e. The Bertz CT molecular complexity index is 826. The molecule has 1 aromatic heterocycles. The van der Waals surface area contributed by atoms with Gasteiger partial charge in [-0.3, -0.25) is 0 Å². The number of carbonyl (C=O) groups is 1. The van der Waals surface area contributed by atoms with Gasteiger partial charge in [-0.05, 0) is 45.0 Å². The number of halogens is 4. The number of aliphatic carboxylic acids is 1. The maximum atomic E-state index is 14.4. The van der Waals surface area contributed by atoms with Gasteiger partial charge < -0.3 is 14.6 Å². The fourth-order valence-corrected chi connectivity index (χ4v) is 3.74. The Morgan fingerprint density at radius 3 is 2.48 bits per heavy atom. The van der Waals surface area contributed by atoms with Crippen LogP contribution in [0.15, 0.2) is 30.7 Å². The summed E-state index contributed by atoms with van der Waals surface area (Å²) in [6.07, 6.45) is 0.865. The number of alkyl halides is 3. The third kappa shape index (κ3) is 3.83. The lowest BCUT2D eigenvalue weighted by Crippen LogP contribution is -2.34. The molecule has 5 nitrogen and oxygen atoms in total. The van der Waals surface area contributed by atoms with E-state index in [0.29, 0.717) is 5.92 Å². The molecule has 2 aliphatic heterocycles. The number of rotatable bonds is 1. The molecular weight excluding hydrogens is 366 g/mol. The van der Waals surface area contributed by atoms with Gasteiger partial charge in [-0.25, -0.2) is 14.2 Å². The molecule has 27 heavy (non-hydrogen) atoms. The molecule has 3 heterocycles. The van der Waals surface area contributed by atoms with Gasteiger partial charge in [0.1, 0.15) is 5.82 Å². The minimum absolute atomic E-state index is 0.0740. The summed E-state index contributed by atoms with van der Waals surface area (Å²) in [4.78, 5) is 15.5. The average molecular weight is 385 g/mol. The van der Waals surface area contributed by atoms with E-state index in [-0.39, 0.29) is 11.9 Å². The molecule has 1 atom stereocenters. The second-order valence-electron chi connectivity index (χ2n) is 6.78. The number of piperidine rings is 1. The molecule has 146 valence electrons. The number of carboxylic acids is 1. The third-order valence-electron chi connectivity index (χ3n) is 5.04. The summed E-state index contributed by atoms with van der Waals surface area (Å²) in [7, 11) is 2.15. The van der Waals surface area contributed by atoms with E-state index >= 15 is 0 Å². The molecule has 0 saturated carbocycles. The zero-order valence-corrected chi connectivity index (χ0v) is 14.6. The van der Waals surface area contributed by atoms with Crippen molar-refractivity contribution in [1.29, 1.82) is 0 Å². The number of nitrogens with zero attached hydrogens (tertiary/aromatic N) is 3. The highest BCUT2D eigenvalue weighted by Gasteiger charge is 2.38. The summed E-state index contributed by atoms with van der Waals surface area (Å²) in [6, 6.07) is 5.52. The summed E-state index contributed by atoms with van der Waals surface area (Å²) in [5.41, 5.74) is 2.95. The van der Waals surface area contributed by atoms with Crippen molar-refractivity contribution in [1.82, 2.24) is 14.5 Å². The van der Waals surface area contributed by atoms with Crippen LogP contribution in [0.3, 0.4) is 0 Å².